The molecule has 1 amide bonds. The van der Waals surface area contributed by atoms with Crippen LogP contribution in [0.15, 0.2) is 46.3 Å². The number of hydrogen-bond acceptors (Lipinski definition) is 7. The Morgan fingerprint density at radius 1 is 1.18 bits per heavy atom. The van der Waals surface area contributed by atoms with Crippen LogP contribution in [-0.2, 0) is 17.5 Å². The van der Waals surface area contributed by atoms with Crippen molar-refractivity contribution in [3.63, 3.8) is 0 Å². The van der Waals surface area contributed by atoms with E-state index in [4.69, 9.17) is 4.52 Å². The number of anilines is 2. The number of alkyl halides is 3. The summed E-state index contributed by atoms with van der Waals surface area (Å²) < 4.78 is 45.8. The van der Waals surface area contributed by atoms with Crippen molar-refractivity contribution in [1.29, 1.82) is 0 Å². The predicted molar refractivity (Wildman–Crippen MR) is 117 cm³/mol. The molecule has 0 saturated heterocycles. The first-order chi connectivity index (χ1) is 15.9. The molecule has 33 heavy (non-hydrogen) atoms. The number of nitrogens with zero attached hydrogens (tertiary/aromatic N) is 4. The van der Waals surface area contributed by atoms with Gasteiger partial charge in [-0.25, -0.2) is 0 Å². The van der Waals surface area contributed by atoms with Gasteiger partial charge < -0.3 is 19.7 Å². The summed E-state index contributed by atoms with van der Waals surface area (Å²) >= 11 is 1.26. The number of thioether (sulfide) groups is 1. The van der Waals surface area contributed by atoms with E-state index in [1.54, 1.807) is 12.1 Å². The van der Waals surface area contributed by atoms with Crippen molar-refractivity contribution in [3.8, 4) is 0 Å². The summed E-state index contributed by atoms with van der Waals surface area (Å²) in [6.07, 6.45) is 2.22. The van der Waals surface area contributed by atoms with Crippen molar-refractivity contribution >= 4 is 29.2 Å². The fourth-order valence-electron chi connectivity index (χ4n) is 3.80. The van der Waals surface area contributed by atoms with Crippen LogP contribution in [0.3, 0.4) is 0 Å². The Kier molecular flexibility index (Phi) is 7.21. The SMILES string of the molecule is O=C(CSc1nnc(CNc2cccc(C(F)(F)F)c2)n1C1CCCCC1)Nc1ccon1. The number of carbonyl (C=O) groups excluding carboxylic acids is 1. The highest BCUT2D eigenvalue weighted by atomic mass is 32.2. The molecule has 8 nitrogen and oxygen atoms in total. The Morgan fingerprint density at radius 3 is 2.73 bits per heavy atom. The number of aromatic nitrogens is 4. The number of nitrogens with one attached hydrogen (secondary N) is 2. The van der Waals surface area contributed by atoms with Crippen LogP contribution in [0.2, 0.25) is 0 Å². The Morgan fingerprint density at radius 2 is 2.00 bits per heavy atom. The number of halogens is 3. The van der Waals surface area contributed by atoms with Gasteiger partial charge in [0.15, 0.2) is 16.8 Å². The van der Waals surface area contributed by atoms with E-state index in [1.165, 1.54) is 30.5 Å². The molecule has 1 fully saturated rings. The van der Waals surface area contributed by atoms with E-state index in [9.17, 15) is 18.0 Å². The molecule has 0 radical (unpaired) electrons. The standard InChI is InChI=1S/C21H23F3N6O2S/c22-21(23,24)14-5-4-6-15(11-14)25-12-18-27-28-20(30(18)16-7-2-1-3-8-16)33-13-19(31)26-17-9-10-32-29-17/h4-6,9-11,16,25H,1-3,7-8,12-13H2,(H,26,29,31). The van der Waals surface area contributed by atoms with E-state index in [0.717, 1.165) is 37.8 Å². The lowest BCUT2D eigenvalue weighted by molar-refractivity contribution is -0.137. The Bertz CT molecular complexity index is 1060. The molecular weight excluding hydrogens is 457 g/mol. The molecule has 3 aromatic rings. The van der Waals surface area contributed by atoms with Crippen LogP contribution in [0.25, 0.3) is 0 Å². The molecule has 0 atom stereocenters. The van der Waals surface area contributed by atoms with Gasteiger partial charge in [-0.15, -0.1) is 10.2 Å². The second-order valence-electron chi connectivity index (χ2n) is 7.71. The van der Waals surface area contributed by atoms with Crippen LogP contribution < -0.4 is 10.6 Å². The van der Waals surface area contributed by atoms with Gasteiger partial charge in [-0.2, -0.15) is 13.2 Å². The van der Waals surface area contributed by atoms with Crippen LogP contribution in [0.5, 0.6) is 0 Å². The Labute approximate surface area is 192 Å². The van der Waals surface area contributed by atoms with Crippen molar-refractivity contribution in [2.24, 2.45) is 0 Å². The maximum atomic E-state index is 13.0. The number of amides is 1. The molecule has 1 saturated carbocycles. The molecule has 1 aliphatic carbocycles. The molecule has 2 heterocycles. The second-order valence-corrected chi connectivity index (χ2v) is 8.66. The summed E-state index contributed by atoms with van der Waals surface area (Å²) in [6, 6.07) is 6.80. The van der Waals surface area contributed by atoms with Crippen LogP contribution in [0.1, 0.15) is 49.5 Å². The minimum atomic E-state index is -4.41. The molecule has 4 rings (SSSR count). The smallest absolute Gasteiger partial charge is 0.378 e. The van der Waals surface area contributed by atoms with Gasteiger partial charge in [0.05, 0.1) is 17.9 Å². The van der Waals surface area contributed by atoms with Crippen molar-refractivity contribution in [1.82, 2.24) is 19.9 Å². The van der Waals surface area contributed by atoms with Crippen molar-refractivity contribution < 1.29 is 22.5 Å². The van der Waals surface area contributed by atoms with Gasteiger partial charge in [0.25, 0.3) is 0 Å². The zero-order valence-corrected chi connectivity index (χ0v) is 18.5. The summed E-state index contributed by atoms with van der Waals surface area (Å²) in [6.45, 7) is 0.219. The van der Waals surface area contributed by atoms with Crippen LogP contribution in [0.4, 0.5) is 24.7 Å². The summed E-state index contributed by atoms with van der Waals surface area (Å²) in [7, 11) is 0. The van der Waals surface area contributed by atoms with Gasteiger partial charge in [-0.1, -0.05) is 42.2 Å². The van der Waals surface area contributed by atoms with E-state index in [-0.39, 0.29) is 24.2 Å². The fraction of sp³-hybridized carbons (Fsp3) is 0.429. The minimum absolute atomic E-state index is 0.110. The third kappa shape index (κ3) is 6.06. The molecule has 0 unspecified atom stereocenters. The first-order valence-corrected chi connectivity index (χ1v) is 11.6. The summed E-state index contributed by atoms with van der Waals surface area (Å²) in [4.78, 5) is 12.2. The van der Waals surface area contributed by atoms with Crippen LogP contribution in [0, 0.1) is 0 Å². The third-order valence-corrected chi connectivity index (χ3v) is 6.30. The van der Waals surface area contributed by atoms with Gasteiger partial charge in [-0.05, 0) is 31.0 Å². The highest BCUT2D eigenvalue weighted by Crippen LogP contribution is 2.33. The lowest BCUT2D eigenvalue weighted by Gasteiger charge is -2.25. The highest BCUT2D eigenvalue weighted by Gasteiger charge is 2.30. The minimum Gasteiger partial charge on any atom is -0.378 e. The van der Waals surface area contributed by atoms with Gasteiger partial charge in [0.1, 0.15) is 6.26 Å². The fourth-order valence-corrected chi connectivity index (χ4v) is 4.63. The van der Waals surface area contributed by atoms with E-state index >= 15 is 0 Å². The van der Waals surface area contributed by atoms with Crippen molar-refractivity contribution in [3.05, 3.63) is 48.0 Å². The molecule has 176 valence electrons. The van der Waals surface area contributed by atoms with Gasteiger partial charge in [0.2, 0.25) is 5.91 Å². The highest BCUT2D eigenvalue weighted by molar-refractivity contribution is 7.99. The largest absolute Gasteiger partial charge is 0.416 e. The van der Waals surface area contributed by atoms with Gasteiger partial charge >= 0.3 is 6.18 Å². The maximum absolute atomic E-state index is 13.0. The summed E-state index contributed by atoms with van der Waals surface area (Å²) in [5, 5.41) is 18.5. The second kappa shape index (κ2) is 10.3. The van der Waals surface area contributed by atoms with Crippen molar-refractivity contribution in [2.75, 3.05) is 16.4 Å². The Balaban J connectivity index is 1.47. The van der Waals surface area contributed by atoms with Gasteiger partial charge in [0, 0.05) is 17.8 Å². The van der Waals surface area contributed by atoms with E-state index in [2.05, 4.69) is 26.0 Å². The van der Waals surface area contributed by atoms with Crippen LogP contribution in [-0.4, -0.2) is 31.6 Å². The summed E-state index contributed by atoms with van der Waals surface area (Å²) in [5.74, 6) is 0.813. The van der Waals surface area contributed by atoms with E-state index in [0.29, 0.717) is 22.5 Å². The first kappa shape index (κ1) is 23.1. The molecule has 12 heteroatoms. The number of benzene rings is 1. The van der Waals surface area contributed by atoms with Crippen molar-refractivity contribution in [2.45, 2.75) is 56.0 Å². The molecule has 1 aromatic carbocycles. The predicted octanol–water partition coefficient (Wildman–Crippen LogP) is 5.13. The molecule has 2 N–H and O–H groups in total. The van der Waals surface area contributed by atoms with Gasteiger partial charge in [-0.3, -0.25) is 4.79 Å². The average Bonchev–Trinajstić information content (AvgIpc) is 3.46. The third-order valence-electron chi connectivity index (χ3n) is 5.35. The first-order valence-electron chi connectivity index (χ1n) is 10.6. The normalized spacial score (nSPS) is 14.9. The lowest BCUT2D eigenvalue weighted by atomic mass is 9.95. The molecule has 2 aromatic heterocycles. The molecule has 0 aliphatic heterocycles. The lowest BCUT2D eigenvalue weighted by Crippen LogP contribution is -2.19. The maximum Gasteiger partial charge on any atom is 0.416 e. The number of carbonyl (C=O) groups is 1. The molecule has 1 aliphatic rings. The van der Waals surface area contributed by atoms with Crippen LogP contribution >= 0.6 is 11.8 Å². The summed E-state index contributed by atoms with van der Waals surface area (Å²) in [5.41, 5.74) is -0.361. The quantitative estimate of drug-likeness (QED) is 0.431. The zero-order chi connectivity index (χ0) is 23.3. The molecule has 0 bridgehead atoms. The average molecular weight is 481 g/mol. The molecule has 0 spiro atoms. The number of hydrogen-bond donors (Lipinski definition) is 2. The number of rotatable bonds is 8. The Hall–Kier alpha value is -3.02. The van der Waals surface area contributed by atoms with E-state index < -0.39 is 11.7 Å². The van der Waals surface area contributed by atoms with E-state index in [1.807, 2.05) is 4.57 Å². The monoisotopic (exact) mass is 480 g/mol. The molecular formula is C21H23F3N6O2S. The zero-order valence-electron chi connectivity index (χ0n) is 17.6. The topological polar surface area (TPSA) is 97.9 Å².